The number of pyridine rings is 2. The Morgan fingerprint density at radius 1 is 1.12 bits per heavy atom. The topological polar surface area (TPSA) is 16.8 Å². The predicted octanol–water partition coefficient (Wildman–Crippen LogP) is 5.28. The maximum absolute atomic E-state index is 8.56. The minimum Gasteiger partial charge on any atom is -0.256 e. The van der Waals surface area contributed by atoms with Crippen LogP contribution in [0.15, 0.2) is 60.9 Å². The standard InChI is InChI=1S/C24H27N2/c1-18-7-3-6-10-22(18)24-16-21(13-14-26(24)2)23-12-11-20(17-25-23)15-19-8-4-5-9-19/h3,6-7,10-14,16-17,19H,4-5,8-9,15H2,1-2H3/q+1/i15D2. The number of aromatic nitrogens is 2. The molecule has 0 amide bonds. The molecule has 1 aliphatic carbocycles. The van der Waals surface area contributed by atoms with Crippen LogP contribution in [0.2, 0.25) is 0 Å². The largest absolute Gasteiger partial charge is 0.256 e. The zero-order valence-corrected chi connectivity index (χ0v) is 15.6. The fourth-order valence-electron chi connectivity index (χ4n) is 3.81. The van der Waals surface area contributed by atoms with E-state index in [4.69, 9.17) is 2.74 Å². The lowest BCUT2D eigenvalue weighted by Crippen LogP contribution is -2.30. The van der Waals surface area contributed by atoms with E-state index in [0.29, 0.717) is 5.56 Å². The van der Waals surface area contributed by atoms with Crippen molar-refractivity contribution < 1.29 is 7.31 Å². The van der Waals surface area contributed by atoms with Gasteiger partial charge in [-0.15, -0.1) is 0 Å². The van der Waals surface area contributed by atoms with Crippen molar-refractivity contribution in [3.63, 3.8) is 0 Å². The van der Waals surface area contributed by atoms with Crippen molar-refractivity contribution in [3.8, 4) is 22.5 Å². The van der Waals surface area contributed by atoms with E-state index in [0.717, 1.165) is 42.6 Å². The second-order valence-electron chi connectivity index (χ2n) is 7.28. The third-order valence-corrected chi connectivity index (χ3v) is 5.36. The van der Waals surface area contributed by atoms with E-state index in [1.54, 1.807) is 6.20 Å². The summed E-state index contributed by atoms with van der Waals surface area (Å²) in [7, 11) is 2.05. The molecule has 1 aromatic carbocycles. The average Bonchev–Trinajstić information content (AvgIpc) is 3.25. The second kappa shape index (κ2) is 7.41. The van der Waals surface area contributed by atoms with Gasteiger partial charge >= 0.3 is 0 Å². The Balaban J connectivity index is 1.67. The highest BCUT2D eigenvalue weighted by molar-refractivity contribution is 5.68. The van der Waals surface area contributed by atoms with Crippen LogP contribution in [0.25, 0.3) is 22.5 Å². The van der Waals surface area contributed by atoms with Crippen molar-refractivity contribution in [2.75, 3.05) is 0 Å². The molecule has 2 heterocycles. The second-order valence-corrected chi connectivity index (χ2v) is 7.28. The summed E-state index contributed by atoms with van der Waals surface area (Å²) in [6.45, 7) is 2.13. The Morgan fingerprint density at radius 3 is 2.65 bits per heavy atom. The molecule has 1 aliphatic rings. The Morgan fingerprint density at radius 2 is 1.92 bits per heavy atom. The van der Waals surface area contributed by atoms with Gasteiger partial charge in [-0.05, 0) is 42.5 Å². The number of hydrogen-bond donors (Lipinski definition) is 0. The van der Waals surface area contributed by atoms with Crippen LogP contribution in [0.5, 0.6) is 0 Å². The third-order valence-electron chi connectivity index (χ3n) is 5.36. The van der Waals surface area contributed by atoms with Crippen LogP contribution in [0.4, 0.5) is 0 Å². The van der Waals surface area contributed by atoms with Gasteiger partial charge in [0, 0.05) is 32.2 Å². The molecule has 0 bridgehead atoms. The lowest BCUT2D eigenvalue weighted by atomic mass is 9.98. The normalized spacial score (nSPS) is 16.4. The van der Waals surface area contributed by atoms with Gasteiger partial charge < -0.3 is 0 Å². The van der Waals surface area contributed by atoms with E-state index >= 15 is 0 Å². The molecule has 0 saturated heterocycles. The average molecular weight is 346 g/mol. The number of aryl methyl sites for hydroxylation is 2. The Kier molecular flexibility index (Phi) is 4.18. The fourth-order valence-corrected chi connectivity index (χ4v) is 3.81. The van der Waals surface area contributed by atoms with Gasteiger partial charge in [-0.2, -0.15) is 0 Å². The molecule has 0 N–H and O–H groups in total. The van der Waals surface area contributed by atoms with Gasteiger partial charge in [0.25, 0.3) is 0 Å². The first-order chi connectivity index (χ1) is 13.5. The highest BCUT2D eigenvalue weighted by Crippen LogP contribution is 2.29. The number of benzene rings is 1. The molecule has 0 spiro atoms. The van der Waals surface area contributed by atoms with Crippen LogP contribution in [0, 0.1) is 12.8 Å². The number of hydrogen-bond acceptors (Lipinski definition) is 1. The number of rotatable bonds is 4. The zero-order chi connectivity index (χ0) is 19.7. The van der Waals surface area contributed by atoms with E-state index in [-0.39, 0.29) is 5.92 Å². The van der Waals surface area contributed by atoms with Crippen LogP contribution in [-0.4, -0.2) is 4.98 Å². The molecule has 4 rings (SSSR count). The van der Waals surface area contributed by atoms with Crippen molar-refractivity contribution >= 4 is 0 Å². The van der Waals surface area contributed by atoms with Crippen LogP contribution in [0.1, 0.15) is 39.6 Å². The molecule has 2 aromatic heterocycles. The molecule has 2 nitrogen and oxygen atoms in total. The van der Waals surface area contributed by atoms with Crippen LogP contribution < -0.4 is 4.57 Å². The molecular formula is C24H27N2+. The highest BCUT2D eigenvalue weighted by atomic mass is 14.9. The van der Waals surface area contributed by atoms with Gasteiger partial charge in [-0.25, -0.2) is 4.57 Å². The van der Waals surface area contributed by atoms with Gasteiger partial charge in [0.05, 0.1) is 5.69 Å². The molecule has 26 heavy (non-hydrogen) atoms. The molecular weight excluding hydrogens is 316 g/mol. The lowest BCUT2D eigenvalue weighted by molar-refractivity contribution is -0.660. The van der Waals surface area contributed by atoms with E-state index in [2.05, 4.69) is 66.1 Å². The molecule has 2 heteroatoms. The first-order valence-electron chi connectivity index (χ1n) is 10.5. The Labute approximate surface area is 159 Å². The summed E-state index contributed by atoms with van der Waals surface area (Å²) in [4.78, 5) is 4.62. The van der Waals surface area contributed by atoms with Crippen molar-refractivity contribution in [2.24, 2.45) is 13.0 Å². The minimum atomic E-state index is -1.29. The SMILES string of the molecule is [2H]C([2H])(c1ccc(-c2cc[n+](C)c(-c3ccccc3C)c2)nc1)C1CCCC1. The summed E-state index contributed by atoms with van der Waals surface area (Å²) in [6, 6.07) is 16.5. The van der Waals surface area contributed by atoms with Crippen LogP contribution in [0.3, 0.4) is 0 Å². The monoisotopic (exact) mass is 345 g/mol. The summed E-state index contributed by atoms with van der Waals surface area (Å²) in [5.74, 6) is 0.114. The summed E-state index contributed by atoms with van der Waals surface area (Å²) in [6.07, 6.45) is 6.72. The fraction of sp³-hybridized carbons (Fsp3) is 0.333. The first-order valence-corrected chi connectivity index (χ1v) is 9.49. The molecule has 1 saturated carbocycles. The highest BCUT2D eigenvalue weighted by Gasteiger charge is 2.16. The third kappa shape index (κ3) is 3.55. The van der Waals surface area contributed by atoms with E-state index in [1.807, 2.05) is 12.1 Å². The van der Waals surface area contributed by atoms with Crippen molar-refractivity contribution in [1.82, 2.24) is 4.98 Å². The van der Waals surface area contributed by atoms with E-state index in [1.165, 1.54) is 11.1 Å². The molecule has 3 aromatic rings. The van der Waals surface area contributed by atoms with Gasteiger partial charge in [0.15, 0.2) is 6.20 Å². The van der Waals surface area contributed by atoms with E-state index < -0.39 is 6.37 Å². The molecule has 0 aliphatic heterocycles. The lowest BCUT2D eigenvalue weighted by Gasteiger charge is -2.10. The minimum absolute atomic E-state index is 0.114. The maximum Gasteiger partial charge on any atom is 0.213 e. The van der Waals surface area contributed by atoms with Crippen molar-refractivity contribution in [1.29, 1.82) is 0 Å². The smallest absolute Gasteiger partial charge is 0.213 e. The summed E-state index contributed by atoms with van der Waals surface area (Å²) >= 11 is 0. The predicted molar refractivity (Wildman–Crippen MR) is 107 cm³/mol. The molecule has 132 valence electrons. The Bertz CT molecular complexity index is 974. The summed E-state index contributed by atoms with van der Waals surface area (Å²) in [5.41, 5.74) is 6.21. The molecule has 1 fully saturated rings. The van der Waals surface area contributed by atoms with Crippen molar-refractivity contribution in [3.05, 3.63) is 72.1 Å². The van der Waals surface area contributed by atoms with Crippen LogP contribution >= 0.6 is 0 Å². The number of nitrogens with zero attached hydrogens (tertiary/aromatic N) is 2. The molecule has 0 unspecified atom stereocenters. The van der Waals surface area contributed by atoms with E-state index in [9.17, 15) is 0 Å². The summed E-state index contributed by atoms with van der Waals surface area (Å²) in [5, 5.41) is 0. The van der Waals surface area contributed by atoms with Crippen molar-refractivity contribution in [2.45, 2.75) is 39.0 Å². The van der Waals surface area contributed by atoms with Gasteiger partial charge in [-0.1, -0.05) is 49.9 Å². The first kappa shape index (κ1) is 14.7. The van der Waals surface area contributed by atoms with Crippen LogP contribution in [-0.2, 0) is 13.4 Å². The quantitative estimate of drug-likeness (QED) is 0.588. The summed E-state index contributed by atoms with van der Waals surface area (Å²) < 4.78 is 19.2. The van der Waals surface area contributed by atoms with Gasteiger partial charge in [0.2, 0.25) is 5.69 Å². The molecule has 0 atom stereocenters. The van der Waals surface area contributed by atoms with Gasteiger partial charge in [-0.3, -0.25) is 4.98 Å². The Hall–Kier alpha value is -2.48. The maximum atomic E-state index is 8.56. The van der Waals surface area contributed by atoms with Gasteiger partial charge in [0.1, 0.15) is 7.05 Å². The zero-order valence-electron chi connectivity index (χ0n) is 17.6. The molecule has 0 radical (unpaired) electrons.